The first-order chi connectivity index (χ1) is 8.84. The van der Waals surface area contributed by atoms with Crippen LogP contribution in [0.15, 0.2) is 17.2 Å². The Balaban J connectivity index is 1.68. The molecule has 1 unspecified atom stereocenters. The molecule has 1 N–H and O–H groups in total. The molecule has 3 rings (SSSR count). The zero-order valence-electron chi connectivity index (χ0n) is 10.6. The molecule has 0 radical (unpaired) electrons. The van der Waals surface area contributed by atoms with Crippen molar-refractivity contribution >= 4 is 5.82 Å². The Labute approximate surface area is 107 Å². The Bertz CT molecular complexity index is 452. The van der Waals surface area contributed by atoms with Gasteiger partial charge in [0.25, 0.3) is 5.56 Å². The highest BCUT2D eigenvalue weighted by Gasteiger charge is 2.29. The summed E-state index contributed by atoms with van der Waals surface area (Å²) < 4.78 is 0. The summed E-state index contributed by atoms with van der Waals surface area (Å²) in [5.41, 5.74) is -0.0724. The quantitative estimate of drug-likeness (QED) is 0.842. The van der Waals surface area contributed by atoms with Gasteiger partial charge in [0.1, 0.15) is 0 Å². The van der Waals surface area contributed by atoms with Gasteiger partial charge in [0, 0.05) is 31.5 Å². The van der Waals surface area contributed by atoms with Gasteiger partial charge in [0.2, 0.25) is 0 Å². The van der Waals surface area contributed by atoms with E-state index in [0.29, 0.717) is 11.9 Å². The van der Waals surface area contributed by atoms with Crippen molar-refractivity contribution in [3.63, 3.8) is 0 Å². The molecule has 0 saturated carbocycles. The minimum absolute atomic E-state index is 0.0724. The number of anilines is 1. The highest BCUT2D eigenvalue weighted by molar-refractivity contribution is 5.37. The van der Waals surface area contributed by atoms with Crippen LogP contribution in [0.1, 0.15) is 25.7 Å². The zero-order valence-corrected chi connectivity index (χ0v) is 10.6. The maximum absolute atomic E-state index is 11.7. The van der Waals surface area contributed by atoms with Gasteiger partial charge in [-0.15, -0.1) is 0 Å². The fourth-order valence-electron chi connectivity index (χ4n) is 3.09. The maximum atomic E-state index is 11.7. The van der Waals surface area contributed by atoms with Crippen LogP contribution >= 0.6 is 0 Å². The van der Waals surface area contributed by atoms with Crippen molar-refractivity contribution in [2.75, 3.05) is 31.1 Å². The van der Waals surface area contributed by atoms with E-state index < -0.39 is 0 Å². The second-order valence-corrected chi connectivity index (χ2v) is 5.23. The van der Waals surface area contributed by atoms with Crippen LogP contribution in [-0.2, 0) is 0 Å². The van der Waals surface area contributed by atoms with E-state index in [1.54, 1.807) is 12.4 Å². The molecule has 2 aliphatic heterocycles. The zero-order chi connectivity index (χ0) is 12.4. The summed E-state index contributed by atoms with van der Waals surface area (Å²) in [7, 11) is 0. The molecule has 18 heavy (non-hydrogen) atoms. The average molecular weight is 248 g/mol. The fraction of sp³-hybridized carbons (Fsp3) is 0.692. The van der Waals surface area contributed by atoms with Crippen LogP contribution in [0.2, 0.25) is 0 Å². The van der Waals surface area contributed by atoms with E-state index in [1.165, 1.54) is 32.4 Å². The number of aromatic amines is 1. The smallest absolute Gasteiger partial charge is 0.290 e. The number of hydrogen-bond donors (Lipinski definition) is 1. The summed E-state index contributed by atoms with van der Waals surface area (Å²) in [5.74, 6) is 0.581. The largest absolute Gasteiger partial charge is 0.350 e. The lowest BCUT2D eigenvalue weighted by atomic mass is 10.1. The number of nitrogens with zero attached hydrogens (tertiary/aromatic N) is 3. The van der Waals surface area contributed by atoms with Gasteiger partial charge in [-0.25, -0.2) is 4.98 Å². The molecule has 0 amide bonds. The van der Waals surface area contributed by atoms with Gasteiger partial charge in [0.05, 0.1) is 0 Å². The van der Waals surface area contributed by atoms with E-state index in [2.05, 4.69) is 19.8 Å². The van der Waals surface area contributed by atoms with Crippen molar-refractivity contribution in [3.05, 3.63) is 22.7 Å². The number of aromatic nitrogens is 2. The normalized spacial score (nSPS) is 25.6. The SMILES string of the molecule is O=c1[nH]ccnc1N1CCC(N2CCCCC2)C1. The standard InChI is InChI=1S/C13H20N4O/c18-13-12(14-5-6-15-13)17-9-4-11(10-17)16-7-2-1-3-8-16/h5-6,11H,1-4,7-10H2,(H,15,18). The summed E-state index contributed by atoms with van der Waals surface area (Å²) in [6, 6.07) is 0.603. The third-order valence-corrected chi connectivity index (χ3v) is 4.06. The predicted octanol–water partition coefficient (Wildman–Crippen LogP) is 0.834. The van der Waals surface area contributed by atoms with E-state index in [4.69, 9.17) is 0 Å². The number of likely N-dealkylation sites (tertiary alicyclic amines) is 1. The van der Waals surface area contributed by atoms with Gasteiger partial charge in [-0.1, -0.05) is 6.42 Å². The van der Waals surface area contributed by atoms with E-state index in [1.807, 2.05) is 0 Å². The van der Waals surface area contributed by atoms with Gasteiger partial charge < -0.3 is 9.88 Å². The van der Waals surface area contributed by atoms with Crippen LogP contribution in [0.25, 0.3) is 0 Å². The van der Waals surface area contributed by atoms with Crippen LogP contribution in [0.3, 0.4) is 0 Å². The van der Waals surface area contributed by atoms with Crippen LogP contribution in [-0.4, -0.2) is 47.1 Å². The predicted molar refractivity (Wildman–Crippen MR) is 70.9 cm³/mol. The molecule has 5 nitrogen and oxygen atoms in total. The molecule has 0 aromatic carbocycles. The molecular weight excluding hydrogens is 228 g/mol. The van der Waals surface area contributed by atoms with Crippen LogP contribution in [0.4, 0.5) is 5.82 Å². The van der Waals surface area contributed by atoms with E-state index in [9.17, 15) is 4.79 Å². The topological polar surface area (TPSA) is 52.2 Å². The first-order valence-electron chi connectivity index (χ1n) is 6.87. The molecule has 0 bridgehead atoms. The summed E-state index contributed by atoms with van der Waals surface area (Å²) >= 11 is 0. The van der Waals surface area contributed by atoms with Gasteiger partial charge in [-0.05, 0) is 32.4 Å². The van der Waals surface area contributed by atoms with Crippen LogP contribution in [0, 0.1) is 0 Å². The molecule has 1 atom stereocenters. The average Bonchev–Trinajstić information content (AvgIpc) is 2.90. The highest BCUT2D eigenvalue weighted by Crippen LogP contribution is 2.21. The summed E-state index contributed by atoms with van der Waals surface area (Å²) in [6.45, 7) is 4.33. The molecule has 98 valence electrons. The summed E-state index contributed by atoms with van der Waals surface area (Å²) in [5, 5.41) is 0. The first-order valence-corrected chi connectivity index (χ1v) is 6.87. The third kappa shape index (κ3) is 2.27. The van der Waals surface area contributed by atoms with E-state index in [-0.39, 0.29) is 5.56 Å². The Morgan fingerprint density at radius 2 is 2.06 bits per heavy atom. The Morgan fingerprint density at radius 1 is 1.22 bits per heavy atom. The minimum Gasteiger partial charge on any atom is -0.350 e. The molecular formula is C13H20N4O. The van der Waals surface area contributed by atoms with Crippen molar-refractivity contribution < 1.29 is 0 Å². The van der Waals surface area contributed by atoms with Crippen LogP contribution in [0.5, 0.6) is 0 Å². The summed E-state index contributed by atoms with van der Waals surface area (Å²) in [4.78, 5) is 23.3. The molecule has 2 aliphatic rings. The molecule has 0 spiro atoms. The molecule has 1 aromatic heterocycles. The molecule has 5 heteroatoms. The van der Waals surface area contributed by atoms with Gasteiger partial charge in [-0.2, -0.15) is 0 Å². The lowest BCUT2D eigenvalue weighted by Crippen LogP contribution is -2.41. The van der Waals surface area contributed by atoms with Crippen molar-refractivity contribution in [3.8, 4) is 0 Å². The van der Waals surface area contributed by atoms with Gasteiger partial charge >= 0.3 is 0 Å². The lowest BCUT2D eigenvalue weighted by Gasteiger charge is -2.32. The Kier molecular flexibility index (Phi) is 3.32. The lowest BCUT2D eigenvalue weighted by molar-refractivity contribution is 0.174. The Hall–Kier alpha value is -1.36. The fourth-order valence-corrected chi connectivity index (χ4v) is 3.09. The number of H-pyrrole nitrogens is 1. The molecule has 1 aromatic rings. The van der Waals surface area contributed by atoms with E-state index in [0.717, 1.165) is 19.5 Å². The van der Waals surface area contributed by atoms with Gasteiger partial charge in [-0.3, -0.25) is 9.69 Å². The first kappa shape index (κ1) is 11.7. The Morgan fingerprint density at radius 3 is 2.83 bits per heavy atom. The van der Waals surface area contributed by atoms with Gasteiger partial charge in [0.15, 0.2) is 5.82 Å². The molecule has 0 aliphatic carbocycles. The van der Waals surface area contributed by atoms with Crippen molar-refractivity contribution in [2.45, 2.75) is 31.7 Å². The second-order valence-electron chi connectivity index (χ2n) is 5.23. The monoisotopic (exact) mass is 248 g/mol. The van der Waals surface area contributed by atoms with Crippen molar-refractivity contribution in [1.29, 1.82) is 0 Å². The minimum atomic E-state index is -0.0724. The second kappa shape index (κ2) is 5.10. The highest BCUT2D eigenvalue weighted by atomic mass is 16.1. The number of piperidine rings is 1. The summed E-state index contributed by atoms with van der Waals surface area (Å²) in [6.07, 6.45) is 8.40. The maximum Gasteiger partial charge on any atom is 0.290 e. The number of rotatable bonds is 2. The molecule has 3 heterocycles. The van der Waals surface area contributed by atoms with Crippen molar-refractivity contribution in [2.24, 2.45) is 0 Å². The molecule has 2 saturated heterocycles. The molecule has 2 fully saturated rings. The third-order valence-electron chi connectivity index (χ3n) is 4.06. The number of hydrogen-bond acceptors (Lipinski definition) is 4. The number of nitrogens with one attached hydrogen (secondary N) is 1. The van der Waals surface area contributed by atoms with Crippen LogP contribution < -0.4 is 10.5 Å². The van der Waals surface area contributed by atoms with E-state index >= 15 is 0 Å². The van der Waals surface area contributed by atoms with Crippen molar-refractivity contribution in [1.82, 2.24) is 14.9 Å².